The number of carboxylic acid groups (broad SMARTS) is 1. The zero-order chi connectivity index (χ0) is 16.5. The maximum Gasteiger partial charge on any atom is 0.335 e. The van der Waals surface area contributed by atoms with Gasteiger partial charge in [-0.15, -0.1) is 0 Å². The van der Waals surface area contributed by atoms with Gasteiger partial charge in [0.05, 0.1) is 12.2 Å². The number of carbonyl (C=O) groups excluding carboxylic acids is 1. The highest BCUT2D eigenvalue weighted by molar-refractivity contribution is 5.96. The van der Waals surface area contributed by atoms with E-state index in [4.69, 9.17) is 14.6 Å². The van der Waals surface area contributed by atoms with Gasteiger partial charge in [-0.25, -0.2) is 4.79 Å². The van der Waals surface area contributed by atoms with Gasteiger partial charge in [-0.2, -0.15) is 0 Å². The molecule has 0 radical (unpaired) electrons. The highest BCUT2D eigenvalue weighted by atomic mass is 16.5. The van der Waals surface area contributed by atoms with Crippen molar-refractivity contribution < 1.29 is 24.2 Å². The Labute approximate surface area is 130 Å². The normalized spacial score (nSPS) is 12.0. The molecule has 0 spiro atoms. The molecule has 0 fully saturated rings. The highest BCUT2D eigenvalue weighted by Gasteiger charge is 2.15. The second-order valence-corrected chi connectivity index (χ2v) is 5.01. The van der Waals surface area contributed by atoms with E-state index in [0.717, 1.165) is 12.8 Å². The number of hydrogen-bond donors (Lipinski definition) is 2. The van der Waals surface area contributed by atoms with E-state index in [0.29, 0.717) is 17.9 Å². The summed E-state index contributed by atoms with van der Waals surface area (Å²) in [7, 11) is 1.52. The number of ether oxygens (including phenoxy) is 2. The lowest BCUT2D eigenvalue weighted by atomic mass is 10.1. The van der Waals surface area contributed by atoms with Gasteiger partial charge in [-0.1, -0.05) is 13.3 Å². The van der Waals surface area contributed by atoms with Gasteiger partial charge in [0, 0.05) is 19.4 Å². The summed E-state index contributed by atoms with van der Waals surface area (Å²) in [5.74, 6) is -1.36. The SMILES string of the molecule is CCCCOC(C)C(=O)Nc1cc(COC)cc(C(=O)O)c1. The Morgan fingerprint density at radius 3 is 2.64 bits per heavy atom. The number of carbonyl (C=O) groups is 2. The fourth-order valence-electron chi connectivity index (χ4n) is 1.86. The minimum absolute atomic E-state index is 0.101. The van der Waals surface area contributed by atoms with Crippen LogP contribution in [0.1, 0.15) is 42.6 Å². The van der Waals surface area contributed by atoms with Crippen molar-refractivity contribution in [2.24, 2.45) is 0 Å². The number of anilines is 1. The van der Waals surface area contributed by atoms with E-state index in [-0.39, 0.29) is 18.1 Å². The van der Waals surface area contributed by atoms with Crippen molar-refractivity contribution in [1.29, 1.82) is 0 Å². The number of amides is 1. The Morgan fingerprint density at radius 2 is 2.05 bits per heavy atom. The molecule has 0 bridgehead atoms. The molecule has 2 N–H and O–H groups in total. The fraction of sp³-hybridized carbons (Fsp3) is 0.500. The molecule has 1 rings (SSSR count). The van der Waals surface area contributed by atoms with E-state index in [2.05, 4.69) is 5.32 Å². The average Bonchev–Trinajstić information content (AvgIpc) is 2.47. The van der Waals surface area contributed by atoms with Crippen LogP contribution in [-0.4, -0.2) is 36.8 Å². The minimum Gasteiger partial charge on any atom is -0.478 e. The third-order valence-corrected chi connectivity index (χ3v) is 3.05. The largest absolute Gasteiger partial charge is 0.478 e. The maximum atomic E-state index is 12.0. The van der Waals surface area contributed by atoms with E-state index in [1.165, 1.54) is 19.2 Å². The molecule has 1 aromatic rings. The third-order valence-electron chi connectivity index (χ3n) is 3.05. The van der Waals surface area contributed by atoms with Crippen LogP contribution in [0, 0.1) is 0 Å². The van der Waals surface area contributed by atoms with Crippen LogP contribution in [0.3, 0.4) is 0 Å². The molecule has 0 aliphatic rings. The number of benzene rings is 1. The molecule has 0 aromatic heterocycles. The number of aromatic carboxylic acids is 1. The van der Waals surface area contributed by atoms with Crippen LogP contribution >= 0.6 is 0 Å². The van der Waals surface area contributed by atoms with Gasteiger partial charge in [0.1, 0.15) is 6.10 Å². The van der Waals surface area contributed by atoms with Crippen molar-refractivity contribution in [3.63, 3.8) is 0 Å². The van der Waals surface area contributed by atoms with Crippen LogP contribution in [0.15, 0.2) is 18.2 Å². The monoisotopic (exact) mass is 309 g/mol. The molecule has 1 unspecified atom stereocenters. The number of nitrogens with one attached hydrogen (secondary N) is 1. The Balaban J connectivity index is 2.78. The lowest BCUT2D eigenvalue weighted by Gasteiger charge is -2.14. The van der Waals surface area contributed by atoms with Gasteiger partial charge in [0.15, 0.2) is 0 Å². The van der Waals surface area contributed by atoms with Crippen molar-refractivity contribution >= 4 is 17.6 Å². The Kier molecular flexibility index (Phi) is 7.56. The molecule has 1 amide bonds. The molecule has 1 aromatic carbocycles. The van der Waals surface area contributed by atoms with Crippen LogP contribution in [-0.2, 0) is 20.9 Å². The third kappa shape index (κ3) is 5.83. The Morgan fingerprint density at radius 1 is 1.32 bits per heavy atom. The minimum atomic E-state index is -1.05. The summed E-state index contributed by atoms with van der Waals surface area (Å²) in [4.78, 5) is 23.2. The molecule has 6 heteroatoms. The highest BCUT2D eigenvalue weighted by Crippen LogP contribution is 2.17. The van der Waals surface area contributed by atoms with E-state index in [1.54, 1.807) is 13.0 Å². The first-order valence-electron chi connectivity index (χ1n) is 7.26. The lowest BCUT2D eigenvalue weighted by molar-refractivity contribution is -0.126. The summed E-state index contributed by atoms with van der Waals surface area (Å²) in [6, 6.07) is 4.62. The van der Waals surface area contributed by atoms with Gasteiger partial charge in [-0.05, 0) is 37.1 Å². The van der Waals surface area contributed by atoms with E-state index < -0.39 is 12.1 Å². The smallest absolute Gasteiger partial charge is 0.335 e. The maximum absolute atomic E-state index is 12.0. The van der Waals surface area contributed by atoms with Gasteiger partial charge < -0.3 is 19.9 Å². The van der Waals surface area contributed by atoms with Gasteiger partial charge in [0.25, 0.3) is 5.91 Å². The van der Waals surface area contributed by atoms with E-state index in [9.17, 15) is 9.59 Å². The quantitative estimate of drug-likeness (QED) is 0.685. The Bertz CT molecular complexity index is 515. The zero-order valence-electron chi connectivity index (χ0n) is 13.2. The standard InChI is InChI=1S/C16H23NO5/c1-4-5-6-22-11(2)15(18)17-14-8-12(10-21-3)7-13(9-14)16(19)20/h7-9,11H,4-6,10H2,1-3H3,(H,17,18)(H,19,20). The molecule has 6 nitrogen and oxygen atoms in total. The number of rotatable bonds is 9. The number of unbranched alkanes of at least 4 members (excludes halogenated alkanes) is 1. The molecule has 0 heterocycles. The summed E-state index contributed by atoms with van der Waals surface area (Å²) in [6.07, 6.45) is 1.30. The number of carboxylic acids is 1. The van der Waals surface area contributed by atoms with Crippen molar-refractivity contribution in [3.05, 3.63) is 29.3 Å². The zero-order valence-corrected chi connectivity index (χ0v) is 13.2. The summed E-state index contributed by atoms with van der Waals surface area (Å²) >= 11 is 0. The van der Waals surface area contributed by atoms with Crippen LogP contribution in [0.2, 0.25) is 0 Å². The van der Waals surface area contributed by atoms with Gasteiger partial charge in [-0.3, -0.25) is 4.79 Å². The molecule has 0 aliphatic heterocycles. The molecule has 0 saturated heterocycles. The second kappa shape index (κ2) is 9.17. The summed E-state index contributed by atoms with van der Waals surface area (Å²) in [6.45, 7) is 4.51. The number of hydrogen-bond acceptors (Lipinski definition) is 4. The van der Waals surface area contributed by atoms with Crippen molar-refractivity contribution in [1.82, 2.24) is 0 Å². The van der Waals surface area contributed by atoms with Crippen LogP contribution in [0.4, 0.5) is 5.69 Å². The fourth-order valence-corrected chi connectivity index (χ4v) is 1.86. The van der Waals surface area contributed by atoms with E-state index in [1.807, 2.05) is 6.92 Å². The predicted octanol–water partition coefficient (Wildman–Crippen LogP) is 2.67. The molecular formula is C16H23NO5. The van der Waals surface area contributed by atoms with Gasteiger partial charge >= 0.3 is 5.97 Å². The predicted molar refractivity (Wildman–Crippen MR) is 83.1 cm³/mol. The number of methoxy groups -OCH3 is 1. The molecular weight excluding hydrogens is 286 g/mol. The topological polar surface area (TPSA) is 84.9 Å². The van der Waals surface area contributed by atoms with Gasteiger partial charge in [0.2, 0.25) is 0 Å². The van der Waals surface area contributed by atoms with Crippen molar-refractivity contribution in [2.45, 2.75) is 39.4 Å². The first kappa shape index (κ1) is 18.1. The molecule has 0 aliphatic carbocycles. The van der Waals surface area contributed by atoms with Crippen LogP contribution in [0.5, 0.6) is 0 Å². The Hall–Kier alpha value is -1.92. The molecule has 22 heavy (non-hydrogen) atoms. The molecule has 122 valence electrons. The summed E-state index contributed by atoms with van der Waals surface area (Å²) < 4.78 is 10.4. The summed E-state index contributed by atoms with van der Waals surface area (Å²) in [5.41, 5.74) is 1.20. The average molecular weight is 309 g/mol. The van der Waals surface area contributed by atoms with Crippen LogP contribution < -0.4 is 5.32 Å². The first-order chi connectivity index (χ1) is 10.5. The van der Waals surface area contributed by atoms with Crippen molar-refractivity contribution in [2.75, 3.05) is 19.0 Å². The van der Waals surface area contributed by atoms with E-state index >= 15 is 0 Å². The lowest BCUT2D eigenvalue weighted by Crippen LogP contribution is -2.28. The second-order valence-electron chi connectivity index (χ2n) is 5.01. The van der Waals surface area contributed by atoms with Crippen molar-refractivity contribution in [3.8, 4) is 0 Å². The molecule has 0 saturated carbocycles. The van der Waals surface area contributed by atoms with Crippen LogP contribution in [0.25, 0.3) is 0 Å². The summed E-state index contributed by atoms with van der Waals surface area (Å²) in [5, 5.41) is 11.8. The molecule has 1 atom stereocenters. The first-order valence-corrected chi connectivity index (χ1v) is 7.26.